The number of nitrogens with one attached hydrogen (secondary N) is 2. The summed E-state index contributed by atoms with van der Waals surface area (Å²) in [5.74, 6) is -0.346. The van der Waals surface area contributed by atoms with Crippen LogP contribution in [0.25, 0.3) is 33.5 Å². The van der Waals surface area contributed by atoms with Crippen LogP contribution in [0.3, 0.4) is 0 Å². The number of hydrogen-bond acceptors (Lipinski definition) is 28. The van der Waals surface area contributed by atoms with E-state index in [1.54, 1.807) is 13.8 Å². The van der Waals surface area contributed by atoms with Gasteiger partial charge < -0.3 is 75.4 Å². The lowest BCUT2D eigenvalue weighted by Crippen LogP contribution is -2.46. The van der Waals surface area contributed by atoms with E-state index in [9.17, 15) is 57.6 Å². The Morgan fingerprint density at radius 2 is 1.38 bits per heavy atom. The average Bonchev–Trinajstić information content (AvgIpc) is 4.40. The van der Waals surface area contributed by atoms with Gasteiger partial charge in [-0.2, -0.15) is 9.29 Å². The summed E-state index contributed by atoms with van der Waals surface area (Å²) in [5, 5.41) is 22.6. The van der Waals surface area contributed by atoms with Gasteiger partial charge in [-0.05, 0) is 19.9 Å². The second kappa shape index (κ2) is 22.2. The zero-order valence-electron chi connectivity index (χ0n) is 41.5. The quantitative estimate of drug-likeness (QED) is 0.0273. The van der Waals surface area contributed by atoms with Crippen molar-refractivity contribution in [1.82, 2.24) is 53.6 Å². The third kappa shape index (κ3) is 12.0. The number of imidazole rings is 3. The highest BCUT2D eigenvalue weighted by Crippen LogP contribution is 2.68. The number of nitrogen functional groups attached to an aromatic ring is 3. The normalized spacial score (nSPS) is 29.7. The van der Waals surface area contributed by atoms with E-state index in [1.165, 1.54) is 38.0 Å². The van der Waals surface area contributed by atoms with Gasteiger partial charge in [-0.15, -0.1) is 0 Å². The molecule has 432 valence electrons. The zero-order valence-corrected chi connectivity index (χ0v) is 45.1. The van der Waals surface area contributed by atoms with Gasteiger partial charge in [0, 0.05) is 20.0 Å². The van der Waals surface area contributed by atoms with Crippen LogP contribution < -0.4 is 32.9 Å². The molecule has 0 aromatic carbocycles. The van der Waals surface area contributed by atoms with E-state index in [1.807, 2.05) is 0 Å². The Labute approximate surface area is 441 Å². The van der Waals surface area contributed by atoms with Crippen LogP contribution in [-0.4, -0.2) is 172 Å². The number of H-pyrrole nitrogens is 2. The number of nitrogens with zero attached hydrogens (tertiary/aromatic N) is 10. The summed E-state index contributed by atoms with van der Waals surface area (Å²) in [6.45, 7) is 1.45. The van der Waals surface area contributed by atoms with Gasteiger partial charge >= 0.3 is 36.7 Å². The number of aromatic amines is 2. The summed E-state index contributed by atoms with van der Waals surface area (Å²) in [4.78, 5) is 97.3. The Hall–Kier alpha value is -5.37. The average molecular weight is 1200 g/mol. The van der Waals surface area contributed by atoms with Crippen LogP contribution in [0.15, 0.2) is 46.8 Å². The molecule has 0 bridgehead atoms. The number of hydrogen-bond donors (Lipinski definition) is 11. The van der Waals surface area contributed by atoms with Crippen molar-refractivity contribution in [2.45, 2.75) is 93.6 Å². The van der Waals surface area contributed by atoms with Crippen LogP contribution in [-0.2, 0) is 75.9 Å². The molecule has 42 heteroatoms. The molecular weight excluding hydrogens is 1150 g/mol. The molecule has 6 aromatic heterocycles. The molecule has 0 saturated carbocycles. The second-order valence-corrected chi connectivity index (χ2v) is 24.2. The molecule has 14 N–H and O–H groups in total. The van der Waals surface area contributed by atoms with Crippen LogP contribution in [0, 0.1) is 0 Å². The summed E-state index contributed by atoms with van der Waals surface area (Å²) >= 11 is 0. The Morgan fingerprint density at radius 3 is 2.06 bits per heavy atom. The van der Waals surface area contributed by atoms with Gasteiger partial charge in [0.1, 0.15) is 66.8 Å². The third-order valence-corrected chi connectivity index (χ3v) is 17.6. The fraction of sp³-hybridized carbons (Fsp3) is 0.541. The molecule has 9 heterocycles. The van der Waals surface area contributed by atoms with Crippen molar-refractivity contribution in [1.29, 1.82) is 0 Å². The van der Waals surface area contributed by atoms with Crippen LogP contribution >= 0.6 is 31.1 Å². The van der Waals surface area contributed by atoms with Gasteiger partial charge in [-0.3, -0.25) is 51.4 Å². The summed E-state index contributed by atoms with van der Waals surface area (Å²) in [7, 11) is -19.1. The lowest BCUT2D eigenvalue weighted by Gasteiger charge is -2.26. The first-order valence-corrected chi connectivity index (χ1v) is 29.1. The minimum atomic E-state index is -6.11. The number of aryl methyl sites for hydroxylation is 1. The van der Waals surface area contributed by atoms with Crippen molar-refractivity contribution in [3.63, 3.8) is 0 Å². The van der Waals surface area contributed by atoms with E-state index in [0.717, 1.165) is 26.9 Å². The summed E-state index contributed by atoms with van der Waals surface area (Å²) in [6.07, 6.45) is -12.8. The number of rotatable bonds is 21. The molecular formula is C37H52N15O23P4+. The van der Waals surface area contributed by atoms with Crippen LogP contribution in [0.5, 0.6) is 0 Å². The summed E-state index contributed by atoms with van der Waals surface area (Å²) < 4.78 is 118. The number of phosphoric ester groups is 2. The highest BCUT2D eigenvalue weighted by molar-refractivity contribution is 7.69. The monoisotopic (exact) mass is 1200 g/mol. The fourth-order valence-corrected chi connectivity index (χ4v) is 13.7. The molecule has 3 saturated heterocycles. The molecule has 0 amide bonds. The second-order valence-electron chi connectivity index (χ2n) is 17.9. The number of ether oxygens (including phenoxy) is 6. The molecule has 16 atom stereocenters. The molecule has 9 rings (SSSR count). The number of aliphatic hydroxyl groups excluding tert-OH is 2. The number of aliphatic hydroxyl groups is 2. The molecule has 79 heavy (non-hydrogen) atoms. The van der Waals surface area contributed by atoms with E-state index < -0.39 is 135 Å². The van der Waals surface area contributed by atoms with Gasteiger partial charge in [-0.1, -0.05) is 4.98 Å². The minimum Gasteiger partial charge on any atom is -0.386 e. The summed E-state index contributed by atoms with van der Waals surface area (Å²) in [5.41, 5.74) is 16.0. The van der Waals surface area contributed by atoms with E-state index in [0.29, 0.717) is 6.08 Å². The molecule has 6 aromatic rings. The minimum absolute atomic E-state index is 0.0291. The van der Waals surface area contributed by atoms with Crippen LogP contribution in [0.2, 0.25) is 0 Å². The Bertz CT molecular complexity index is 3610. The molecule has 0 radical (unpaired) electrons. The molecule has 3 fully saturated rings. The maximum atomic E-state index is 14.0. The predicted molar refractivity (Wildman–Crippen MR) is 261 cm³/mol. The largest absolute Gasteiger partial charge is 0.488 e. The maximum absolute atomic E-state index is 14.0. The van der Waals surface area contributed by atoms with Gasteiger partial charge in [0.2, 0.25) is 17.7 Å². The first-order valence-electron chi connectivity index (χ1n) is 23.0. The Kier molecular flexibility index (Phi) is 16.4. The van der Waals surface area contributed by atoms with Crippen molar-refractivity contribution in [2.24, 2.45) is 7.05 Å². The molecule has 3 aliphatic rings. The van der Waals surface area contributed by atoms with Gasteiger partial charge in [-0.25, -0.2) is 42.5 Å². The van der Waals surface area contributed by atoms with Crippen molar-refractivity contribution in [3.05, 3.63) is 57.9 Å². The van der Waals surface area contributed by atoms with E-state index in [4.69, 9.17) is 59.2 Å². The number of nitrogens with two attached hydrogens (primary N) is 3. The van der Waals surface area contributed by atoms with Gasteiger partial charge in [0.15, 0.2) is 41.4 Å². The van der Waals surface area contributed by atoms with E-state index >= 15 is 0 Å². The first kappa shape index (κ1) is 58.3. The highest BCUT2D eigenvalue weighted by atomic mass is 31.3. The topological polar surface area (TPSA) is 531 Å². The standard InChI is InChI=1S/C37H51N15O23P4/c1-14(2)69-24-17(72-33(22(24)54)51-12-44-19-29(51)45-36(39)47-31(19)55)9-67-77(59,60)73-25-15(70-35(26(25)66-5)50-11-43-18-27(38)41-10-42-28(18)50)6-7-76(57,58)74-79(63,64)75-78(61,62)68-8-16-23(65-4)21(53)34(71-16)52-13-49(3)20-30(52)46-37(40)48-32(20)56/h6-7,10-17,21-26,33-35,53-54H,8-9H2,1-5H3,(H11-,38,39,40,41,42,45,46,47,48,55,56,57,58,59,60,61,62,63,64)/p+1/b7-6+/t15-,16-,17-,21?,22?,23+,24+,25+,26?,33-,34-,35-/m1/s1. The number of fused-ring (bicyclic) bond motifs is 3. The Balaban J connectivity index is 0.903. The molecule has 38 nitrogen and oxygen atoms in total. The SMILES string of the molecule is COC1[C@@H](OP(=O)(O)OC[C@H]2O[C@@H](n3cnc4c(=O)[nH]c(N)nc43)C(O)[C@H]2OC(C)C)[C@@H](/C=C/P(=O)(O)OP(=O)(O)OP(=O)(O)OC[C@H]2O[C@@H]([n+]3cn(C)c4c(=O)[nH]c(N)nc43)C(O)[C@H]2OC)O[C@H]1n1cnc2c(N)ncnc21. The maximum Gasteiger partial charge on any atom is 0.488 e. The highest BCUT2D eigenvalue weighted by Gasteiger charge is 2.53. The number of aromatic nitrogens is 12. The molecule has 0 spiro atoms. The van der Waals surface area contributed by atoms with Crippen molar-refractivity contribution in [3.8, 4) is 0 Å². The van der Waals surface area contributed by atoms with Gasteiger partial charge in [0.05, 0.1) is 39.0 Å². The lowest BCUT2D eigenvalue weighted by molar-refractivity contribution is -0.745. The van der Waals surface area contributed by atoms with Crippen molar-refractivity contribution >= 4 is 82.3 Å². The third-order valence-electron chi connectivity index (χ3n) is 12.2. The van der Waals surface area contributed by atoms with Crippen LogP contribution in [0.4, 0.5) is 17.7 Å². The van der Waals surface area contributed by atoms with Crippen LogP contribution in [0.1, 0.15) is 32.5 Å². The predicted octanol–water partition coefficient (Wildman–Crippen LogP) is -2.04. The molecule has 7 unspecified atom stereocenters. The fourth-order valence-electron chi connectivity index (χ4n) is 9.05. The Morgan fingerprint density at radius 1 is 0.747 bits per heavy atom. The lowest BCUT2D eigenvalue weighted by atomic mass is 10.1. The number of methoxy groups -OCH3 is 2. The smallest absolute Gasteiger partial charge is 0.386 e. The molecule has 0 aliphatic carbocycles. The van der Waals surface area contributed by atoms with Gasteiger partial charge in [0.25, 0.3) is 17.1 Å². The van der Waals surface area contributed by atoms with E-state index in [-0.39, 0.29) is 57.0 Å². The zero-order chi connectivity index (χ0) is 57.3. The van der Waals surface area contributed by atoms with Crippen molar-refractivity contribution in [2.75, 3.05) is 44.6 Å². The first-order chi connectivity index (χ1) is 37.1. The van der Waals surface area contributed by atoms with Crippen molar-refractivity contribution < 1.29 is 103 Å². The molecule has 3 aliphatic heterocycles. The number of phosphoric acid groups is 3. The summed E-state index contributed by atoms with van der Waals surface area (Å²) in [6, 6.07) is 0. The van der Waals surface area contributed by atoms with E-state index in [2.05, 4.69) is 48.5 Å². The number of anilines is 3.